The Hall–Kier alpha value is -2.08. The van der Waals surface area contributed by atoms with Crippen LogP contribution in [0.5, 0.6) is 0 Å². The first-order valence-electron chi connectivity index (χ1n) is 8.87. The SMILES string of the molecule is O=C(c1ccco1)N1CCN(C(=O)C2(c3cccs3)CCCC2)CC1. The molecule has 4 rings (SSSR count). The second-order valence-corrected chi connectivity index (χ2v) is 7.78. The lowest BCUT2D eigenvalue weighted by molar-refractivity contribution is -0.138. The van der Waals surface area contributed by atoms with E-state index in [1.54, 1.807) is 28.4 Å². The van der Waals surface area contributed by atoms with Crippen molar-refractivity contribution in [1.82, 2.24) is 9.80 Å². The largest absolute Gasteiger partial charge is 0.459 e. The smallest absolute Gasteiger partial charge is 0.289 e. The molecule has 2 aliphatic rings. The molecule has 0 unspecified atom stereocenters. The molecule has 2 amide bonds. The summed E-state index contributed by atoms with van der Waals surface area (Å²) in [7, 11) is 0. The summed E-state index contributed by atoms with van der Waals surface area (Å²) in [4.78, 5) is 30.6. The van der Waals surface area contributed by atoms with Crippen molar-refractivity contribution in [1.29, 1.82) is 0 Å². The molecule has 6 heteroatoms. The number of carbonyl (C=O) groups excluding carboxylic acids is 2. The predicted molar refractivity (Wildman–Crippen MR) is 95.7 cm³/mol. The van der Waals surface area contributed by atoms with E-state index in [2.05, 4.69) is 11.4 Å². The Morgan fingerprint density at radius 2 is 1.72 bits per heavy atom. The van der Waals surface area contributed by atoms with Crippen LogP contribution in [0.25, 0.3) is 0 Å². The zero-order chi connectivity index (χ0) is 17.3. The minimum absolute atomic E-state index is 0.0917. The van der Waals surface area contributed by atoms with Crippen LogP contribution in [-0.4, -0.2) is 47.8 Å². The maximum absolute atomic E-state index is 13.3. The number of amides is 2. The molecule has 1 saturated heterocycles. The lowest BCUT2D eigenvalue weighted by Gasteiger charge is -2.39. The molecule has 132 valence electrons. The van der Waals surface area contributed by atoms with Crippen LogP contribution < -0.4 is 0 Å². The van der Waals surface area contributed by atoms with Gasteiger partial charge in [0.1, 0.15) is 0 Å². The van der Waals surface area contributed by atoms with Gasteiger partial charge in [-0.1, -0.05) is 18.9 Å². The summed E-state index contributed by atoms with van der Waals surface area (Å²) < 4.78 is 5.20. The zero-order valence-electron chi connectivity index (χ0n) is 14.1. The number of piperazine rings is 1. The number of furan rings is 1. The Balaban J connectivity index is 1.45. The molecule has 0 atom stereocenters. The van der Waals surface area contributed by atoms with Crippen LogP contribution in [0.4, 0.5) is 0 Å². The quantitative estimate of drug-likeness (QED) is 0.847. The molecular weight excluding hydrogens is 336 g/mol. The van der Waals surface area contributed by atoms with Crippen LogP contribution in [0.15, 0.2) is 40.3 Å². The summed E-state index contributed by atoms with van der Waals surface area (Å²) in [5.74, 6) is 0.522. The Bertz CT molecular complexity index is 725. The van der Waals surface area contributed by atoms with Crippen LogP contribution in [0.3, 0.4) is 0 Å². The molecule has 1 aliphatic carbocycles. The van der Waals surface area contributed by atoms with Gasteiger partial charge in [0.05, 0.1) is 11.7 Å². The Labute approximate surface area is 151 Å². The Morgan fingerprint density at radius 1 is 1.00 bits per heavy atom. The van der Waals surface area contributed by atoms with Crippen LogP contribution in [0.2, 0.25) is 0 Å². The molecule has 2 aromatic heterocycles. The van der Waals surface area contributed by atoms with E-state index in [-0.39, 0.29) is 17.2 Å². The summed E-state index contributed by atoms with van der Waals surface area (Å²) >= 11 is 1.69. The van der Waals surface area contributed by atoms with E-state index in [4.69, 9.17) is 4.42 Å². The van der Waals surface area contributed by atoms with Crippen LogP contribution >= 0.6 is 11.3 Å². The van der Waals surface area contributed by atoms with Crippen LogP contribution in [0.1, 0.15) is 41.1 Å². The van der Waals surface area contributed by atoms with Gasteiger partial charge in [-0.3, -0.25) is 9.59 Å². The number of carbonyl (C=O) groups is 2. The highest BCUT2D eigenvalue weighted by atomic mass is 32.1. The molecule has 1 aliphatic heterocycles. The topological polar surface area (TPSA) is 53.8 Å². The van der Waals surface area contributed by atoms with E-state index in [1.807, 2.05) is 11.0 Å². The van der Waals surface area contributed by atoms with Gasteiger partial charge in [-0.2, -0.15) is 0 Å². The van der Waals surface area contributed by atoms with Crippen molar-refractivity contribution in [3.05, 3.63) is 46.5 Å². The summed E-state index contributed by atoms with van der Waals surface area (Å²) in [5.41, 5.74) is -0.332. The first-order chi connectivity index (χ1) is 12.2. The Kier molecular flexibility index (Phi) is 4.37. The van der Waals surface area contributed by atoms with Gasteiger partial charge in [-0.05, 0) is 36.4 Å². The first kappa shape index (κ1) is 16.4. The minimum atomic E-state index is -0.332. The molecule has 0 spiro atoms. The highest BCUT2D eigenvalue weighted by molar-refractivity contribution is 7.10. The molecule has 0 bridgehead atoms. The van der Waals surface area contributed by atoms with Gasteiger partial charge in [0.25, 0.3) is 5.91 Å². The Morgan fingerprint density at radius 3 is 2.32 bits per heavy atom. The number of nitrogens with zero attached hydrogens (tertiary/aromatic N) is 2. The zero-order valence-corrected chi connectivity index (χ0v) is 15.0. The van der Waals surface area contributed by atoms with Crippen molar-refractivity contribution in [2.45, 2.75) is 31.1 Å². The van der Waals surface area contributed by atoms with E-state index in [0.717, 1.165) is 25.7 Å². The van der Waals surface area contributed by atoms with Crippen LogP contribution in [0, 0.1) is 0 Å². The molecule has 0 N–H and O–H groups in total. The predicted octanol–water partition coefficient (Wildman–Crippen LogP) is 3.14. The van der Waals surface area contributed by atoms with Crippen molar-refractivity contribution in [2.24, 2.45) is 0 Å². The van der Waals surface area contributed by atoms with Gasteiger partial charge in [0, 0.05) is 31.1 Å². The van der Waals surface area contributed by atoms with Crippen molar-refractivity contribution >= 4 is 23.2 Å². The van der Waals surface area contributed by atoms with E-state index < -0.39 is 0 Å². The monoisotopic (exact) mass is 358 g/mol. The third-order valence-electron chi connectivity index (χ3n) is 5.45. The molecule has 3 heterocycles. The number of rotatable bonds is 3. The van der Waals surface area contributed by atoms with Crippen molar-refractivity contribution in [3.63, 3.8) is 0 Å². The second-order valence-electron chi connectivity index (χ2n) is 6.83. The van der Waals surface area contributed by atoms with Crippen molar-refractivity contribution in [3.8, 4) is 0 Å². The maximum atomic E-state index is 13.3. The molecule has 5 nitrogen and oxygen atoms in total. The fourth-order valence-corrected chi connectivity index (χ4v) is 5.04. The lowest BCUT2D eigenvalue weighted by atomic mass is 9.82. The van der Waals surface area contributed by atoms with Crippen LogP contribution in [-0.2, 0) is 10.2 Å². The fourth-order valence-electron chi connectivity index (χ4n) is 4.07. The molecule has 2 fully saturated rings. The van der Waals surface area contributed by atoms with Gasteiger partial charge in [-0.25, -0.2) is 0 Å². The lowest BCUT2D eigenvalue weighted by Crippen LogP contribution is -2.54. The summed E-state index contributed by atoms with van der Waals surface area (Å²) in [6.07, 6.45) is 5.62. The van der Waals surface area contributed by atoms with Gasteiger partial charge >= 0.3 is 0 Å². The van der Waals surface area contributed by atoms with Gasteiger partial charge in [0.15, 0.2) is 5.76 Å². The maximum Gasteiger partial charge on any atom is 0.289 e. The third kappa shape index (κ3) is 2.88. The second kappa shape index (κ2) is 6.67. The number of hydrogen-bond donors (Lipinski definition) is 0. The van der Waals surface area contributed by atoms with E-state index in [1.165, 1.54) is 11.1 Å². The summed E-state index contributed by atoms with van der Waals surface area (Å²) in [6.45, 7) is 2.31. The van der Waals surface area contributed by atoms with E-state index in [9.17, 15) is 9.59 Å². The molecule has 2 aromatic rings. The molecular formula is C19H22N2O3S. The van der Waals surface area contributed by atoms with Crippen molar-refractivity contribution < 1.29 is 14.0 Å². The van der Waals surface area contributed by atoms with Gasteiger partial charge in [-0.15, -0.1) is 11.3 Å². The van der Waals surface area contributed by atoms with E-state index >= 15 is 0 Å². The fraction of sp³-hybridized carbons (Fsp3) is 0.474. The average molecular weight is 358 g/mol. The number of hydrogen-bond acceptors (Lipinski definition) is 4. The highest BCUT2D eigenvalue weighted by Gasteiger charge is 2.46. The summed E-state index contributed by atoms with van der Waals surface area (Å²) in [5, 5.41) is 2.06. The standard InChI is InChI=1S/C19H22N2O3S/c22-17(15-5-3-13-24-15)20-9-11-21(12-10-20)18(23)19(7-1-2-8-19)16-6-4-14-25-16/h3-6,13-14H,1-2,7-12H2. The average Bonchev–Trinajstić information content (AvgIpc) is 3.42. The molecule has 0 aromatic carbocycles. The van der Waals surface area contributed by atoms with E-state index in [0.29, 0.717) is 31.9 Å². The molecule has 1 saturated carbocycles. The third-order valence-corrected chi connectivity index (χ3v) is 6.52. The molecule has 0 radical (unpaired) electrons. The van der Waals surface area contributed by atoms with Gasteiger partial charge in [0.2, 0.25) is 5.91 Å². The van der Waals surface area contributed by atoms with Gasteiger partial charge < -0.3 is 14.2 Å². The first-order valence-corrected chi connectivity index (χ1v) is 9.75. The van der Waals surface area contributed by atoms with Crippen molar-refractivity contribution in [2.75, 3.05) is 26.2 Å². The normalized spacial score (nSPS) is 20.0. The minimum Gasteiger partial charge on any atom is -0.459 e. The highest BCUT2D eigenvalue weighted by Crippen LogP contribution is 2.44. The summed E-state index contributed by atoms with van der Waals surface area (Å²) in [6, 6.07) is 7.54. The number of thiophene rings is 1. The molecule has 25 heavy (non-hydrogen) atoms.